The van der Waals surface area contributed by atoms with Gasteiger partial charge >= 0.3 is 0 Å². The summed E-state index contributed by atoms with van der Waals surface area (Å²) < 4.78 is 3.66. The maximum absolute atomic E-state index is 12.9. The topological polar surface area (TPSA) is 87.4 Å². The van der Waals surface area contributed by atoms with Gasteiger partial charge in [0.1, 0.15) is 18.0 Å². The van der Waals surface area contributed by atoms with Crippen LogP contribution in [0.3, 0.4) is 0 Å². The Hall–Kier alpha value is -3.64. The number of benzene rings is 1. The predicted molar refractivity (Wildman–Crippen MR) is 105 cm³/mol. The van der Waals surface area contributed by atoms with Crippen molar-refractivity contribution in [3.8, 4) is 12.1 Å². The first-order valence-corrected chi connectivity index (χ1v) is 9.07. The van der Waals surface area contributed by atoms with Crippen LogP contribution in [0.25, 0.3) is 0 Å². The molecule has 0 aliphatic carbocycles. The molecule has 0 spiro atoms. The van der Waals surface area contributed by atoms with Crippen molar-refractivity contribution < 1.29 is 4.79 Å². The highest BCUT2D eigenvalue weighted by Gasteiger charge is 2.20. The summed E-state index contributed by atoms with van der Waals surface area (Å²) in [5, 5.41) is 18.4. The molecule has 3 aromatic rings. The molecule has 6 nitrogen and oxygen atoms in total. The Morgan fingerprint density at radius 2 is 1.79 bits per heavy atom. The number of carbonyl (C=O) groups excluding carboxylic acids is 1. The van der Waals surface area contributed by atoms with Crippen LogP contribution >= 0.6 is 0 Å². The normalized spacial score (nSPS) is 10.5. The summed E-state index contributed by atoms with van der Waals surface area (Å²) in [6.45, 7) is 6.41. The molecule has 0 fully saturated rings. The summed E-state index contributed by atoms with van der Waals surface area (Å²) in [6.07, 6.45) is 0.884. The molecule has 0 aliphatic heterocycles. The van der Waals surface area contributed by atoms with E-state index >= 15 is 0 Å². The van der Waals surface area contributed by atoms with Gasteiger partial charge in [-0.3, -0.25) is 4.79 Å². The Balaban J connectivity index is 1.83. The van der Waals surface area contributed by atoms with E-state index in [1.165, 1.54) is 10.1 Å². The van der Waals surface area contributed by atoms with Gasteiger partial charge in [-0.2, -0.15) is 10.5 Å². The number of aromatic nitrogens is 3. The van der Waals surface area contributed by atoms with E-state index in [1.807, 2.05) is 50.3 Å². The van der Waals surface area contributed by atoms with Crippen molar-refractivity contribution in [2.75, 3.05) is 0 Å². The van der Waals surface area contributed by atoms with Gasteiger partial charge in [0.15, 0.2) is 17.2 Å². The summed E-state index contributed by atoms with van der Waals surface area (Å²) in [5.41, 5.74) is 4.01. The standard InChI is InChI=1S/C22H21N5O/c1-15-11-19(16(2)26(15)10-9-18-7-5-4-6-8-18)22(28)14-27-17(3)25-20(12-23)21(27)13-24/h4-8,11H,9-10,14H2,1-3H3. The third-order valence-corrected chi connectivity index (χ3v) is 5.01. The van der Waals surface area contributed by atoms with Gasteiger partial charge in [-0.15, -0.1) is 0 Å². The number of hydrogen-bond donors (Lipinski definition) is 0. The number of nitrogens with zero attached hydrogens (tertiary/aromatic N) is 5. The number of rotatable bonds is 6. The fourth-order valence-electron chi connectivity index (χ4n) is 3.49. The zero-order valence-electron chi connectivity index (χ0n) is 16.2. The summed E-state index contributed by atoms with van der Waals surface area (Å²) >= 11 is 0. The molecule has 0 amide bonds. The molecule has 0 N–H and O–H groups in total. The van der Waals surface area contributed by atoms with E-state index in [-0.39, 0.29) is 23.7 Å². The molecule has 0 aliphatic rings. The number of carbonyl (C=O) groups is 1. The van der Waals surface area contributed by atoms with Crippen molar-refractivity contribution in [2.45, 2.75) is 40.3 Å². The third kappa shape index (κ3) is 3.58. The number of ketones is 1. The smallest absolute Gasteiger partial charge is 0.184 e. The SMILES string of the molecule is Cc1cc(C(=O)Cn2c(C)nc(C#N)c2C#N)c(C)n1CCc1ccccc1. The maximum Gasteiger partial charge on any atom is 0.184 e. The van der Waals surface area contributed by atoms with Crippen LogP contribution in [0.4, 0.5) is 0 Å². The van der Waals surface area contributed by atoms with E-state index < -0.39 is 0 Å². The van der Waals surface area contributed by atoms with Crippen LogP contribution in [-0.2, 0) is 19.5 Å². The van der Waals surface area contributed by atoms with Gasteiger partial charge in [0.05, 0.1) is 6.54 Å². The Labute approximate surface area is 164 Å². The minimum Gasteiger partial charge on any atom is -0.348 e. The average molecular weight is 371 g/mol. The Morgan fingerprint density at radius 1 is 1.07 bits per heavy atom. The van der Waals surface area contributed by atoms with Gasteiger partial charge < -0.3 is 9.13 Å². The summed E-state index contributed by atoms with van der Waals surface area (Å²) in [6, 6.07) is 16.0. The lowest BCUT2D eigenvalue weighted by Gasteiger charge is -2.10. The Morgan fingerprint density at radius 3 is 2.43 bits per heavy atom. The fourth-order valence-corrected chi connectivity index (χ4v) is 3.49. The number of aryl methyl sites for hydroxylation is 3. The van der Waals surface area contributed by atoms with Gasteiger partial charge in [0.2, 0.25) is 0 Å². The quantitative estimate of drug-likeness (QED) is 0.621. The second-order valence-corrected chi connectivity index (χ2v) is 6.76. The Kier molecular flexibility index (Phi) is 5.42. The summed E-state index contributed by atoms with van der Waals surface area (Å²) in [5.74, 6) is 0.389. The minimum atomic E-state index is -0.0967. The first-order valence-electron chi connectivity index (χ1n) is 9.07. The van der Waals surface area contributed by atoms with E-state index in [1.54, 1.807) is 6.92 Å². The van der Waals surface area contributed by atoms with Crippen LogP contribution in [0.15, 0.2) is 36.4 Å². The van der Waals surface area contributed by atoms with E-state index in [9.17, 15) is 10.1 Å². The highest BCUT2D eigenvalue weighted by Crippen LogP contribution is 2.19. The van der Waals surface area contributed by atoms with Gasteiger partial charge in [0.25, 0.3) is 0 Å². The van der Waals surface area contributed by atoms with Gasteiger partial charge in [0, 0.05) is 23.5 Å². The van der Waals surface area contributed by atoms with Crippen LogP contribution in [-0.4, -0.2) is 19.9 Å². The van der Waals surface area contributed by atoms with Crippen molar-refractivity contribution in [3.63, 3.8) is 0 Å². The van der Waals surface area contributed by atoms with Crippen molar-refractivity contribution in [2.24, 2.45) is 0 Å². The van der Waals surface area contributed by atoms with Gasteiger partial charge in [-0.1, -0.05) is 30.3 Å². The molecule has 0 saturated carbocycles. The van der Waals surface area contributed by atoms with Crippen LogP contribution in [0.2, 0.25) is 0 Å². The minimum absolute atomic E-state index is 0.00755. The second kappa shape index (κ2) is 7.94. The van der Waals surface area contributed by atoms with Crippen molar-refractivity contribution in [1.29, 1.82) is 10.5 Å². The zero-order chi connectivity index (χ0) is 20.3. The molecule has 28 heavy (non-hydrogen) atoms. The molecule has 0 unspecified atom stereocenters. The van der Waals surface area contributed by atoms with E-state index in [0.717, 1.165) is 24.4 Å². The van der Waals surface area contributed by atoms with Gasteiger partial charge in [-0.25, -0.2) is 4.98 Å². The van der Waals surface area contributed by atoms with Crippen LogP contribution in [0.1, 0.15) is 44.5 Å². The molecule has 140 valence electrons. The van der Waals surface area contributed by atoms with Crippen molar-refractivity contribution >= 4 is 5.78 Å². The van der Waals surface area contributed by atoms with Crippen LogP contribution in [0.5, 0.6) is 0 Å². The summed E-state index contributed by atoms with van der Waals surface area (Å²) in [7, 11) is 0. The maximum atomic E-state index is 12.9. The number of imidazole rings is 1. The predicted octanol–water partition coefficient (Wildman–Crippen LogP) is 3.48. The van der Waals surface area contributed by atoms with Crippen molar-refractivity contribution in [3.05, 3.63) is 76.1 Å². The third-order valence-electron chi connectivity index (χ3n) is 5.01. The van der Waals surface area contributed by atoms with Crippen molar-refractivity contribution in [1.82, 2.24) is 14.1 Å². The second-order valence-electron chi connectivity index (χ2n) is 6.76. The summed E-state index contributed by atoms with van der Waals surface area (Å²) in [4.78, 5) is 17.0. The van der Waals surface area contributed by atoms with Crippen LogP contribution < -0.4 is 0 Å². The van der Waals surface area contributed by atoms with E-state index in [4.69, 9.17) is 5.26 Å². The fraction of sp³-hybridized carbons (Fsp3) is 0.273. The highest BCUT2D eigenvalue weighted by molar-refractivity contribution is 5.97. The first kappa shape index (κ1) is 19.1. The molecular weight excluding hydrogens is 350 g/mol. The molecule has 6 heteroatoms. The zero-order valence-corrected chi connectivity index (χ0v) is 16.2. The Bertz CT molecular complexity index is 1110. The molecule has 3 rings (SSSR count). The lowest BCUT2D eigenvalue weighted by molar-refractivity contribution is 0.0970. The molecular formula is C22H21N5O. The number of nitriles is 2. The molecule has 0 bridgehead atoms. The monoisotopic (exact) mass is 371 g/mol. The molecule has 0 radical (unpaired) electrons. The lowest BCUT2D eigenvalue weighted by Crippen LogP contribution is -2.14. The molecule has 2 heterocycles. The van der Waals surface area contributed by atoms with E-state index in [0.29, 0.717) is 11.4 Å². The van der Waals surface area contributed by atoms with Crippen LogP contribution in [0, 0.1) is 43.4 Å². The molecule has 2 aromatic heterocycles. The van der Waals surface area contributed by atoms with E-state index in [2.05, 4.69) is 21.7 Å². The molecule has 1 aromatic carbocycles. The molecule has 0 saturated heterocycles. The molecule has 0 atom stereocenters. The van der Waals surface area contributed by atoms with Gasteiger partial charge in [-0.05, 0) is 38.8 Å². The number of Topliss-reactive ketones (excluding diaryl/α,β-unsaturated/α-hetero) is 1. The first-order chi connectivity index (χ1) is 13.5. The largest absolute Gasteiger partial charge is 0.348 e. The number of hydrogen-bond acceptors (Lipinski definition) is 4. The average Bonchev–Trinajstić information content (AvgIpc) is 3.16. The lowest BCUT2D eigenvalue weighted by atomic mass is 10.1. The highest BCUT2D eigenvalue weighted by atomic mass is 16.1.